The molecule has 0 saturated carbocycles. The van der Waals surface area contributed by atoms with E-state index in [9.17, 15) is 9.59 Å². The average molecular weight is 287 g/mol. The van der Waals surface area contributed by atoms with Crippen molar-refractivity contribution >= 4 is 23.6 Å². The molecular formula is C10H17N5O3S. The molecule has 1 heterocycles. The first-order valence-electron chi connectivity index (χ1n) is 5.65. The van der Waals surface area contributed by atoms with Gasteiger partial charge in [-0.05, 0) is 38.1 Å². The third-order valence-electron chi connectivity index (χ3n) is 1.93. The summed E-state index contributed by atoms with van der Waals surface area (Å²) in [6.07, 6.45) is 0. The van der Waals surface area contributed by atoms with Gasteiger partial charge in [0.15, 0.2) is 0 Å². The number of thioether (sulfide) groups is 1. The first-order valence-corrected chi connectivity index (χ1v) is 6.53. The van der Waals surface area contributed by atoms with Crippen LogP contribution < -0.4 is 5.32 Å². The molecule has 0 spiro atoms. The quantitative estimate of drug-likeness (QED) is 0.742. The monoisotopic (exact) mass is 287 g/mol. The van der Waals surface area contributed by atoms with E-state index < -0.39 is 11.2 Å². The molecule has 9 heteroatoms. The number of tetrazole rings is 1. The predicted octanol–water partition coefficient (Wildman–Crippen LogP) is 0.153. The van der Waals surface area contributed by atoms with Gasteiger partial charge in [-0.3, -0.25) is 9.59 Å². The number of carboxylic acid groups (broad SMARTS) is 1. The summed E-state index contributed by atoms with van der Waals surface area (Å²) >= 11 is 1.12. The van der Waals surface area contributed by atoms with Crippen LogP contribution in [0.1, 0.15) is 27.7 Å². The summed E-state index contributed by atoms with van der Waals surface area (Å²) in [4.78, 5) is 22.5. The summed E-state index contributed by atoms with van der Waals surface area (Å²) in [5, 5.41) is 22.1. The number of carboxylic acids is 1. The molecule has 1 aromatic rings. The Labute approximate surface area is 114 Å². The minimum absolute atomic E-state index is 0.151. The Bertz CT molecular complexity index is 468. The zero-order valence-electron chi connectivity index (χ0n) is 11.2. The summed E-state index contributed by atoms with van der Waals surface area (Å²) in [7, 11) is 0. The van der Waals surface area contributed by atoms with Crippen LogP contribution in [0.25, 0.3) is 0 Å². The number of carbonyl (C=O) groups is 2. The Kier molecular flexibility index (Phi) is 4.87. The Morgan fingerprint density at radius 2 is 2.11 bits per heavy atom. The zero-order valence-corrected chi connectivity index (χ0v) is 12.1. The van der Waals surface area contributed by atoms with Crippen molar-refractivity contribution in [2.75, 3.05) is 0 Å². The van der Waals surface area contributed by atoms with E-state index in [-0.39, 0.29) is 18.0 Å². The number of aliphatic carboxylic acids is 1. The zero-order chi connectivity index (χ0) is 14.6. The summed E-state index contributed by atoms with van der Waals surface area (Å²) < 4.78 is 1.15. The molecule has 106 valence electrons. The highest BCUT2D eigenvalue weighted by Gasteiger charge is 2.22. The second-order valence-electron chi connectivity index (χ2n) is 5.01. The highest BCUT2D eigenvalue weighted by atomic mass is 32.2. The van der Waals surface area contributed by atoms with Crippen molar-refractivity contribution in [1.82, 2.24) is 25.5 Å². The van der Waals surface area contributed by atoms with Gasteiger partial charge in [0, 0.05) is 5.54 Å². The van der Waals surface area contributed by atoms with E-state index in [0.717, 1.165) is 16.4 Å². The normalized spacial score (nSPS) is 13.1. The lowest BCUT2D eigenvalue weighted by atomic mass is 10.1. The maximum Gasteiger partial charge on any atom is 0.325 e. The maximum atomic E-state index is 11.9. The van der Waals surface area contributed by atoms with Gasteiger partial charge in [0.25, 0.3) is 0 Å². The number of aromatic nitrogens is 4. The molecule has 0 aliphatic carbocycles. The summed E-state index contributed by atoms with van der Waals surface area (Å²) in [6, 6.07) is 0. The second kappa shape index (κ2) is 6.00. The van der Waals surface area contributed by atoms with Crippen molar-refractivity contribution < 1.29 is 14.7 Å². The highest BCUT2D eigenvalue weighted by molar-refractivity contribution is 8.00. The Hall–Kier alpha value is -1.64. The molecule has 0 aromatic carbocycles. The molecule has 0 aliphatic rings. The smallest absolute Gasteiger partial charge is 0.325 e. The van der Waals surface area contributed by atoms with Crippen LogP contribution in [0.3, 0.4) is 0 Å². The number of hydrogen-bond donors (Lipinski definition) is 2. The standard InChI is InChI=1S/C10H17N5O3S/c1-6(8(18)11-10(2,3)4)19-9-12-13-14-15(9)5-7(16)17/h6H,5H2,1-4H3,(H,11,18)(H,16,17). The molecule has 1 rings (SSSR count). The molecule has 0 saturated heterocycles. The number of nitrogens with one attached hydrogen (secondary N) is 1. The molecule has 19 heavy (non-hydrogen) atoms. The van der Waals surface area contributed by atoms with Gasteiger partial charge < -0.3 is 10.4 Å². The van der Waals surface area contributed by atoms with E-state index in [1.54, 1.807) is 6.92 Å². The van der Waals surface area contributed by atoms with Gasteiger partial charge >= 0.3 is 5.97 Å². The van der Waals surface area contributed by atoms with Crippen LogP contribution in [0.5, 0.6) is 0 Å². The van der Waals surface area contributed by atoms with Gasteiger partial charge in [-0.1, -0.05) is 11.8 Å². The topological polar surface area (TPSA) is 110 Å². The average Bonchev–Trinajstić information content (AvgIpc) is 2.62. The van der Waals surface area contributed by atoms with Crippen molar-refractivity contribution in [3.05, 3.63) is 0 Å². The molecule has 2 N–H and O–H groups in total. The predicted molar refractivity (Wildman–Crippen MR) is 68.7 cm³/mol. The second-order valence-corrected chi connectivity index (χ2v) is 6.32. The van der Waals surface area contributed by atoms with Crippen molar-refractivity contribution in [2.45, 2.75) is 50.2 Å². The summed E-state index contributed by atoms with van der Waals surface area (Å²) in [6.45, 7) is 7.04. The summed E-state index contributed by atoms with van der Waals surface area (Å²) in [5.41, 5.74) is -0.321. The molecule has 1 aromatic heterocycles. The molecule has 8 nitrogen and oxygen atoms in total. The first-order chi connectivity index (χ1) is 8.69. The van der Waals surface area contributed by atoms with Crippen LogP contribution in [-0.2, 0) is 16.1 Å². The molecule has 0 fully saturated rings. The fourth-order valence-corrected chi connectivity index (χ4v) is 1.98. The third-order valence-corrected chi connectivity index (χ3v) is 3.00. The molecule has 1 amide bonds. The van der Waals surface area contributed by atoms with Crippen LogP contribution in [0, 0.1) is 0 Å². The Morgan fingerprint density at radius 3 is 2.63 bits per heavy atom. The van der Waals surface area contributed by atoms with Crippen LogP contribution in [0.15, 0.2) is 5.16 Å². The Morgan fingerprint density at radius 1 is 1.47 bits per heavy atom. The van der Waals surface area contributed by atoms with Gasteiger partial charge in [0.1, 0.15) is 6.54 Å². The van der Waals surface area contributed by atoms with E-state index in [1.807, 2.05) is 20.8 Å². The fourth-order valence-electron chi connectivity index (χ4n) is 1.19. The molecule has 0 aliphatic heterocycles. The van der Waals surface area contributed by atoms with Crippen LogP contribution >= 0.6 is 11.8 Å². The van der Waals surface area contributed by atoms with Crippen LogP contribution in [0.2, 0.25) is 0 Å². The van der Waals surface area contributed by atoms with Gasteiger partial charge in [-0.2, -0.15) is 0 Å². The lowest BCUT2D eigenvalue weighted by Crippen LogP contribution is -2.44. The van der Waals surface area contributed by atoms with Gasteiger partial charge in [-0.25, -0.2) is 4.68 Å². The minimum Gasteiger partial charge on any atom is -0.480 e. The number of carbonyl (C=O) groups excluding carboxylic acids is 1. The van der Waals surface area contributed by atoms with Gasteiger partial charge in [-0.15, -0.1) is 5.10 Å². The molecule has 0 radical (unpaired) electrons. The SMILES string of the molecule is CC(Sc1nnnn1CC(=O)O)C(=O)NC(C)(C)C. The van der Waals surface area contributed by atoms with Crippen molar-refractivity contribution in [3.8, 4) is 0 Å². The maximum absolute atomic E-state index is 11.9. The molecule has 1 unspecified atom stereocenters. The van der Waals surface area contributed by atoms with Crippen molar-refractivity contribution in [3.63, 3.8) is 0 Å². The van der Waals surface area contributed by atoms with Gasteiger partial charge in [0.05, 0.1) is 5.25 Å². The van der Waals surface area contributed by atoms with Crippen LogP contribution in [0.4, 0.5) is 0 Å². The van der Waals surface area contributed by atoms with E-state index >= 15 is 0 Å². The van der Waals surface area contributed by atoms with E-state index in [0.29, 0.717) is 5.16 Å². The van der Waals surface area contributed by atoms with E-state index in [1.165, 1.54) is 0 Å². The molecule has 0 bridgehead atoms. The van der Waals surface area contributed by atoms with E-state index in [2.05, 4.69) is 20.8 Å². The molecule has 1 atom stereocenters. The number of amides is 1. The number of rotatable bonds is 5. The van der Waals surface area contributed by atoms with Gasteiger partial charge in [0.2, 0.25) is 11.1 Å². The van der Waals surface area contributed by atoms with E-state index in [4.69, 9.17) is 5.11 Å². The van der Waals surface area contributed by atoms with Crippen molar-refractivity contribution in [1.29, 1.82) is 0 Å². The van der Waals surface area contributed by atoms with Crippen LogP contribution in [-0.4, -0.2) is 48.0 Å². The third kappa shape index (κ3) is 5.25. The fraction of sp³-hybridized carbons (Fsp3) is 0.700. The lowest BCUT2D eigenvalue weighted by molar-refractivity contribution is -0.138. The lowest BCUT2D eigenvalue weighted by Gasteiger charge is -2.22. The number of hydrogen-bond acceptors (Lipinski definition) is 6. The number of nitrogens with zero attached hydrogens (tertiary/aromatic N) is 4. The molecular weight excluding hydrogens is 270 g/mol. The minimum atomic E-state index is -1.04. The van der Waals surface area contributed by atoms with Crippen molar-refractivity contribution in [2.24, 2.45) is 0 Å². The largest absolute Gasteiger partial charge is 0.480 e. The highest BCUT2D eigenvalue weighted by Crippen LogP contribution is 2.20. The Balaban J connectivity index is 2.66. The summed E-state index contributed by atoms with van der Waals surface area (Å²) in [5.74, 6) is -1.19. The first kappa shape index (κ1) is 15.4.